The molecule has 1 N–H and O–H groups in total. The van der Waals surface area contributed by atoms with Crippen molar-refractivity contribution < 1.29 is 0 Å². The molecule has 0 aliphatic carbocycles. The average Bonchev–Trinajstić information content (AvgIpc) is 1.82. The number of hydrogen-bond acceptors (Lipinski definition) is 1. The normalized spacial score (nSPS) is 10.9. The molecule has 0 fully saturated rings. The van der Waals surface area contributed by atoms with Gasteiger partial charge in [-0.2, -0.15) is 0 Å². The first-order chi connectivity index (χ1) is 4.76. The van der Waals surface area contributed by atoms with Crippen LogP contribution in [-0.2, 0) is 0 Å². The monoisotopic (exact) mass is 151 g/mol. The topological polar surface area (TPSA) is 23.9 Å². The van der Waals surface area contributed by atoms with Crippen LogP contribution in [0.4, 0.5) is 0 Å². The van der Waals surface area contributed by atoms with E-state index in [0.29, 0.717) is 5.71 Å². The highest BCUT2D eigenvalue weighted by Gasteiger charge is 2.17. The minimum atomic E-state index is 0.0272. The van der Waals surface area contributed by atoms with E-state index in [-0.39, 0.29) is 5.41 Å². The molecule has 0 heterocycles. The maximum absolute atomic E-state index is 7.35. The Morgan fingerprint density at radius 3 is 1.64 bits per heavy atom. The molecule has 0 aliphatic heterocycles. The third-order valence-electron chi connectivity index (χ3n) is 1.72. The van der Waals surface area contributed by atoms with E-state index in [1.165, 1.54) is 0 Å². The van der Waals surface area contributed by atoms with E-state index in [4.69, 9.17) is 5.41 Å². The van der Waals surface area contributed by atoms with Crippen molar-refractivity contribution in [2.45, 2.75) is 27.7 Å². The molecular formula is C10H17N. The second kappa shape index (κ2) is 3.04. The molecular weight excluding hydrogens is 134 g/mol. The summed E-state index contributed by atoms with van der Waals surface area (Å²) in [5.74, 6) is 0. The summed E-state index contributed by atoms with van der Waals surface area (Å²) in [5.41, 5.74) is 2.24. The predicted molar refractivity (Wildman–Crippen MR) is 51.1 cm³/mol. The molecule has 11 heavy (non-hydrogen) atoms. The van der Waals surface area contributed by atoms with Crippen LogP contribution in [0.3, 0.4) is 0 Å². The summed E-state index contributed by atoms with van der Waals surface area (Å²) >= 11 is 0. The fourth-order valence-electron chi connectivity index (χ4n) is 0.679. The summed E-state index contributed by atoms with van der Waals surface area (Å²) in [5, 5.41) is 7.35. The Balaban J connectivity index is 4.53. The van der Waals surface area contributed by atoms with E-state index in [1.807, 2.05) is 0 Å². The van der Waals surface area contributed by atoms with Gasteiger partial charge in [-0.05, 0) is 23.5 Å². The van der Waals surface area contributed by atoms with Crippen molar-refractivity contribution in [3.63, 3.8) is 0 Å². The van der Waals surface area contributed by atoms with E-state index in [0.717, 1.165) is 11.1 Å². The zero-order chi connectivity index (χ0) is 9.23. The average molecular weight is 151 g/mol. The summed E-state index contributed by atoms with van der Waals surface area (Å²) in [6, 6.07) is 0. The van der Waals surface area contributed by atoms with Crippen molar-refractivity contribution in [2.24, 2.45) is 5.41 Å². The van der Waals surface area contributed by atoms with Gasteiger partial charge in [-0.15, -0.1) is 0 Å². The Labute approximate surface area is 69.3 Å². The van der Waals surface area contributed by atoms with Gasteiger partial charge in [-0.25, -0.2) is 0 Å². The lowest BCUT2D eigenvalue weighted by Crippen LogP contribution is -2.13. The van der Waals surface area contributed by atoms with Crippen LogP contribution in [0, 0.1) is 10.8 Å². The lowest BCUT2D eigenvalue weighted by atomic mass is 9.82. The van der Waals surface area contributed by atoms with Crippen LogP contribution >= 0.6 is 0 Å². The summed E-state index contributed by atoms with van der Waals surface area (Å²) in [7, 11) is 0. The molecule has 1 nitrogen and oxygen atoms in total. The first-order valence-electron chi connectivity index (χ1n) is 3.71. The van der Waals surface area contributed by atoms with Crippen molar-refractivity contribution in [3.05, 3.63) is 24.3 Å². The van der Waals surface area contributed by atoms with Crippen LogP contribution in [-0.4, -0.2) is 5.71 Å². The van der Waals surface area contributed by atoms with Crippen LogP contribution in [0.15, 0.2) is 24.3 Å². The highest BCUT2D eigenvalue weighted by Crippen LogP contribution is 2.28. The van der Waals surface area contributed by atoms with Gasteiger partial charge >= 0.3 is 0 Å². The van der Waals surface area contributed by atoms with E-state index < -0.39 is 0 Å². The molecule has 0 aromatic rings. The van der Waals surface area contributed by atoms with Crippen LogP contribution in [0.2, 0.25) is 0 Å². The molecule has 0 saturated heterocycles. The molecule has 0 rings (SSSR count). The number of rotatable bonds is 2. The highest BCUT2D eigenvalue weighted by molar-refractivity contribution is 5.99. The van der Waals surface area contributed by atoms with Gasteiger partial charge in [0.05, 0.1) is 0 Å². The second-order valence-corrected chi connectivity index (χ2v) is 3.83. The highest BCUT2D eigenvalue weighted by atomic mass is 14.4. The molecule has 62 valence electrons. The summed E-state index contributed by atoms with van der Waals surface area (Å²) < 4.78 is 0. The minimum Gasteiger partial charge on any atom is -0.305 e. The van der Waals surface area contributed by atoms with Crippen LogP contribution < -0.4 is 0 Å². The molecule has 0 aromatic heterocycles. The number of allylic oxidation sites excluding steroid dienone is 2. The predicted octanol–water partition coefficient (Wildman–Crippen LogP) is 3.18. The van der Waals surface area contributed by atoms with Crippen LogP contribution in [0.1, 0.15) is 27.7 Å². The van der Waals surface area contributed by atoms with Gasteiger partial charge < -0.3 is 5.41 Å². The Kier molecular flexibility index (Phi) is 2.80. The lowest BCUT2D eigenvalue weighted by Gasteiger charge is -2.23. The van der Waals surface area contributed by atoms with Gasteiger partial charge in [0.2, 0.25) is 0 Å². The quantitative estimate of drug-likeness (QED) is 0.463. The van der Waals surface area contributed by atoms with Crippen molar-refractivity contribution in [1.82, 2.24) is 0 Å². The SMILES string of the molecule is C=C(C(=C)C(C)(C)C)C(C)=N. The van der Waals surface area contributed by atoms with Gasteiger partial charge in [0.25, 0.3) is 0 Å². The summed E-state index contributed by atoms with van der Waals surface area (Å²) in [4.78, 5) is 0. The van der Waals surface area contributed by atoms with Crippen molar-refractivity contribution in [3.8, 4) is 0 Å². The first kappa shape index (κ1) is 10.2. The van der Waals surface area contributed by atoms with Crippen LogP contribution in [0.5, 0.6) is 0 Å². The van der Waals surface area contributed by atoms with Crippen molar-refractivity contribution in [2.75, 3.05) is 0 Å². The molecule has 0 radical (unpaired) electrons. The second-order valence-electron chi connectivity index (χ2n) is 3.83. The van der Waals surface area contributed by atoms with E-state index >= 15 is 0 Å². The number of hydrogen-bond donors (Lipinski definition) is 1. The van der Waals surface area contributed by atoms with Crippen molar-refractivity contribution in [1.29, 1.82) is 5.41 Å². The Morgan fingerprint density at radius 1 is 1.18 bits per heavy atom. The standard InChI is InChI=1S/C10H17N/c1-7(9(3)11)8(2)10(4,5)6/h11H,1-2H2,3-6H3. The smallest absolute Gasteiger partial charge is 0.0352 e. The molecule has 0 atom stereocenters. The third kappa shape index (κ3) is 2.71. The molecule has 0 amide bonds. The van der Waals surface area contributed by atoms with E-state index in [1.54, 1.807) is 6.92 Å². The van der Waals surface area contributed by atoms with Gasteiger partial charge in [0.15, 0.2) is 0 Å². The molecule has 0 bridgehead atoms. The third-order valence-corrected chi connectivity index (χ3v) is 1.72. The number of nitrogens with one attached hydrogen (secondary N) is 1. The molecule has 1 heteroatoms. The van der Waals surface area contributed by atoms with Crippen LogP contribution in [0.25, 0.3) is 0 Å². The lowest BCUT2D eigenvalue weighted by molar-refractivity contribution is 0.516. The van der Waals surface area contributed by atoms with Crippen molar-refractivity contribution >= 4 is 5.71 Å². The minimum absolute atomic E-state index is 0.0272. The summed E-state index contributed by atoms with van der Waals surface area (Å²) in [6.07, 6.45) is 0. The summed E-state index contributed by atoms with van der Waals surface area (Å²) in [6.45, 7) is 15.7. The fraction of sp³-hybridized carbons (Fsp3) is 0.500. The fourth-order valence-corrected chi connectivity index (χ4v) is 0.679. The molecule has 0 unspecified atom stereocenters. The molecule has 0 saturated carbocycles. The van der Waals surface area contributed by atoms with E-state index in [2.05, 4.69) is 33.9 Å². The van der Waals surface area contributed by atoms with Gasteiger partial charge in [-0.1, -0.05) is 33.9 Å². The Bertz CT molecular complexity index is 203. The zero-order valence-electron chi connectivity index (χ0n) is 7.91. The Hall–Kier alpha value is -0.850. The molecule has 0 spiro atoms. The molecule has 0 aromatic carbocycles. The van der Waals surface area contributed by atoms with Gasteiger partial charge in [0, 0.05) is 5.71 Å². The van der Waals surface area contributed by atoms with E-state index in [9.17, 15) is 0 Å². The maximum atomic E-state index is 7.35. The molecule has 0 aliphatic rings. The van der Waals surface area contributed by atoms with Gasteiger partial charge in [0.1, 0.15) is 0 Å². The maximum Gasteiger partial charge on any atom is 0.0352 e. The Morgan fingerprint density at radius 2 is 1.55 bits per heavy atom. The van der Waals surface area contributed by atoms with Gasteiger partial charge in [-0.3, -0.25) is 0 Å². The zero-order valence-corrected chi connectivity index (χ0v) is 7.91. The largest absolute Gasteiger partial charge is 0.305 e. The first-order valence-corrected chi connectivity index (χ1v) is 3.71.